The predicted molar refractivity (Wildman–Crippen MR) is 122 cm³/mol. The summed E-state index contributed by atoms with van der Waals surface area (Å²) in [6.45, 7) is 8.69. The SMILES string of the molecule is Cc1ccc(C(=O)N(Cc2ccccc2)c2nc3c(C)cc(C)cc3s2)c(C)c1. The Morgan fingerprint density at radius 2 is 1.62 bits per heavy atom. The highest BCUT2D eigenvalue weighted by Crippen LogP contribution is 2.33. The molecule has 4 rings (SSSR count). The molecule has 0 saturated carbocycles. The Labute approximate surface area is 175 Å². The molecule has 0 aliphatic heterocycles. The largest absolute Gasteiger partial charge is 0.279 e. The number of carbonyl (C=O) groups excluding carboxylic acids is 1. The van der Waals surface area contributed by atoms with E-state index in [1.165, 1.54) is 5.56 Å². The summed E-state index contributed by atoms with van der Waals surface area (Å²) in [5.74, 6) is -0.0141. The van der Waals surface area contributed by atoms with Crippen molar-refractivity contribution in [2.24, 2.45) is 0 Å². The van der Waals surface area contributed by atoms with E-state index in [4.69, 9.17) is 4.98 Å². The van der Waals surface area contributed by atoms with Crippen molar-refractivity contribution in [3.63, 3.8) is 0 Å². The van der Waals surface area contributed by atoms with Gasteiger partial charge in [0.25, 0.3) is 5.91 Å². The Kier molecular flexibility index (Phi) is 5.20. The first-order chi connectivity index (χ1) is 13.9. The van der Waals surface area contributed by atoms with Crippen molar-refractivity contribution >= 4 is 32.6 Å². The van der Waals surface area contributed by atoms with E-state index < -0.39 is 0 Å². The number of fused-ring (bicyclic) bond motifs is 1. The summed E-state index contributed by atoms with van der Waals surface area (Å²) in [7, 11) is 0. The number of anilines is 1. The summed E-state index contributed by atoms with van der Waals surface area (Å²) in [4.78, 5) is 20.3. The quantitative estimate of drug-likeness (QED) is 0.398. The lowest BCUT2D eigenvalue weighted by molar-refractivity contribution is 0.0984. The monoisotopic (exact) mass is 400 g/mol. The first-order valence-electron chi connectivity index (χ1n) is 9.73. The number of aromatic nitrogens is 1. The van der Waals surface area contributed by atoms with Crippen LogP contribution in [0, 0.1) is 27.7 Å². The number of thiazole rings is 1. The van der Waals surface area contributed by atoms with E-state index in [1.807, 2.05) is 61.2 Å². The maximum atomic E-state index is 13.6. The summed E-state index contributed by atoms with van der Waals surface area (Å²) in [5, 5.41) is 0.738. The Hall–Kier alpha value is -2.98. The maximum absolute atomic E-state index is 13.6. The second-order valence-electron chi connectivity index (χ2n) is 7.62. The molecule has 29 heavy (non-hydrogen) atoms. The van der Waals surface area contributed by atoms with Crippen LogP contribution < -0.4 is 4.90 Å². The Bertz CT molecular complexity index is 1190. The van der Waals surface area contributed by atoms with Crippen LogP contribution >= 0.6 is 11.3 Å². The second-order valence-corrected chi connectivity index (χ2v) is 8.63. The predicted octanol–water partition coefficient (Wildman–Crippen LogP) is 6.38. The van der Waals surface area contributed by atoms with Gasteiger partial charge in [0.1, 0.15) is 0 Å². The van der Waals surface area contributed by atoms with Gasteiger partial charge in [-0.15, -0.1) is 0 Å². The summed E-state index contributed by atoms with van der Waals surface area (Å²) >= 11 is 1.58. The number of carbonyl (C=O) groups is 1. The zero-order valence-corrected chi connectivity index (χ0v) is 18.0. The van der Waals surface area contributed by atoms with Crippen molar-refractivity contribution in [2.75, 3.05) is 4.90 Å². The highest BCUT2D eigenvalue weighted by molar-refractivity contribution is 7.22. The van der Waals surface area contributed by atoms with Crippen LogP contribution in [-0.2, 0) is 6.54 Å². The summed E-state index contributed by atoms with van der Waals surface area (Å²) in [5.41, 5.74) is 7.26. The van der Waals surface area contributed by atoms with E-state index in [1.54, 1.807) is 11.3 Å². The molecule has 0 unspecified atom stereocenters. The fraction of sp³-hybridized carbons (Fsp3) is 0.200. The minimum Gasteiger partial charge on any atom is -0.279 e. The molecule has 4 heteroatoms. The van der Waals surface area contributed by atoms with Gasteiger partial charge in [-0.05, 0) is 62.1 Å². The lowest BCUT2D eigenvalue weighted by Crippen LogP contribution is -2.31. The van der Waals surface area contributed by atoms with Crippen LogP contribution in [0.25, 0.3) is 10.2 Å². The molecule has 0 saturated heterocycles. The minimum atomic E-state index is -0.0141. The molecule has 1 aromatic heterocycles. The van der Waals surface area contributed by atoms with Gasteiger partial charge in [0, 0.05) is 5.56 Å². The molecular weight excluding hydrogens is 376 g/mol. The summed E-state index contributed by atoms with van der Waals surface area (Å²) in [6, 6.07) is 20.3. The van der Waals surface area contributed by atoms with Crippen LogP contribution in [0.4, 0.5) is 5.13 Å². The highest BCUT2D eigenvalue weighted by Gasteiger charge is 2.23. The van der Waals surface area contributed by atoms with E-state index >= 15 is 0 Å². The van der Waals surface area contributed by atoms with Gasteiger partial charge >= 0.3 is 0 Å². The number of aryl methyl sites for hydroxylation is 4. The average Bonchev–Trinajstić information content (AvgIpc) is 3.10. The molecule has 0 aliphatic rings. The van der Waals surface area contributed by atoms with Gasteiger partial charge in [0.15, 0.2) is 5.13 Å². The molecule has 3 aromatic carbocycles. The van der Waals surface area contributed by atoms with E-state index in [2.05, 4.69) is 32.0 Å². The van der Waals surface area contributed by atoms with Gasteiger partial charge in [-0.3, -0.25) is 9.69 Å². The van der Waals surface area contributed by atoms with Crippen LogP contribution in [0.3, 0.4) is 0 Å². The van der Waals surface area contributed by atoms with Gasteiger partial charge in [-0.1, -0.05) is 65.4 Å². The third-order valence-electron chi connectivity index (χ3n) is 5.09. The summed E-state index contributed by atoms with van der Waals surface area (Å²) < 4.78 is 1.11. The van der Waals surface area contributed by atoms with E-state index in [0.717, 1.165) is 43.2 Å². The molecule has 1 heterocycles. The number of hydrogen-bond acceptors (Lipinski definition) is 3. The number of amides is 1. The topological polar surface area (TPSA) is 33.2 Å². The second kappa shape index (κ2) is 7.80. The fourth-order valence-corrected chi connectivity index (χ4v) is 4.80. The van der Waals surface area contributed by atoms with Crippen LogP contribution in [0.15, 0.2) is 60.7 Å². The number of nitrogens with zero attached hydrogens (tertiary/aromatic N) is 2. The molecule has 0 N–H and O–H groups in total. The summed E-state index contributed by atoms with van der Waals surface area (Å²) in [6.07, 6.45) is 0. The van der Waals surface area contributed by atoms with Gasteiger partial charge in [-0.2, -0.15) is 0 Å². The smallest absolute Gasteiger partial charge is 0.260 e. The van der Waals surface area contributed by atoms with E-state index in [0.29, 0.717) is 6.54 Å². The van der Waals surface area contributed by atoms with Crippen molar-refractivity contribution in [2.45, 2.75) is 34.2 Å². The number of rotatable bonds is 4. The normalized spacial score (nSPS) is 11.0. The molecule has 1 amide bonds. The zero-order chi connectivity index (χ0) is 20.5. The van der Waals surface area contributed by atoms with Gasteiger partial charge in [-0.25, -0.2) is 4.98 Å². The van der Waals surface area contributed by atoms with Gasteiger partial charge in [0.2, 0.25) is 0 Å². The molecule has 0 aliphatic carbocycles. The molecule has 0 atom stereocenters. The minimum absolute atomic E-state index is 0.0141. The molecule has 0 bridgehead atoms. The van der Waals surface area contributed by atoms with Gasteiger partial charge < -0.3 is 0 Å². The zero-order valence-electron chi connectivity index (χ0n) is 17.2. The van der Waals surface area contributed by atoms with Crippen molar-refractivity contribution in [1.29, 1.82) is 0 Å². The first kappa shape index (κ1) is 19.3. The fourth-order valence-electron chi connectivity index (χ4n) is 3.67. The van der Waals surface area contributed by atoms with Crippen LogP contribution in [0.2, 0.25) is 0 Å². The molecule has 146 valence electrons. The lowest BCUT2D eigenvalue weighted by atomic mass is 10.0. The maximum Gasteiger partial charge on any atom is 0.260 e. The number of hydrogen-bond donors (Lipinski definition) is 0. The van der Waals surface area contributed by atoms with Crippen molar-refractivity contribution in [3.05, 3.63) is 94.0 Å². The average molecular weight is 401 g/mol. The molecule has 0 fully saturated rings. The molecule has 0 spiro atoms. The first-order valence-corrected chi connectivity index (χ1v) is 10.5. The van der Waals surface area contributed by atoms with E-state index in [9.17, 15) is 4.79 Å². The van der Waals surface area contributed by atoms with Crippen LogP contribution in [-0.4, -0.2) is 10.9 Å². The third-order valence-corrected chi connectivity index (χ3v) is 6.12. The van der Waals surface area contributed by atoms with Crippen LogP contribution in [0.1, 0.15) is 38.2 Å². The molecule has 4 aromatic rings. The van der Waals surface area contributed by atoms with Crippen molar-refractivity contribution in [1.82, 2.24) is 4.98 Å². The highest BCUT2D eigenvalue weighted by atomic mass is 32.1. The molecule has 0 radical (unpaired) electrons. The van der Waals surface area contributed by atoms with Crippen molar-refractivity contribution < 1.29 is 4.79 Å². The standard InChI is InChI=1S/C25H24N2OS/c1-16-10-11-21(18(3)12-16)24(28)27(15-20-8-6-5-7-9-20)25-26-23-19(4)13-17(2)14-22(23)29-25/h5-14H,15H2,1-4H3. The third kappa shape index (κ3) is 3.94. The van der Waals surface area contributed by atoms with Gasteiger partial charge in [0.05, 0.1) is 16.8 Å². The lowest BCUT2D eigenvalue weighted by Gasteiger charge is -2.21. The van der Waals surface area contributed by atoms with Crippen molar-refractivity contribution in [3.8, 4) is 0 Å². The Morgan fingerprint density at radius 1 is 0.897 bits per heavy atom. The molecular formula is C25H24N2OS. The Balaban J connectivity index is 1.82. The van der Waals surface area contributed by atoms with E-state index in [-0.39, 0.29) is 5.91 Å². The number of benzene rings is 3. The van der Waals surface area contributed by atoms with Crippen LogP contribution in [0.5, 0.6) is 0 Å². The molecule has 3 nitrogen and oxygen atoms in total. The Morgan fingerprint density at radius 3 is 2.34 bits per heavy atom.